The summed E-state index contributed by atoms with van der Waals surface area (Å²) in [5, 5.41) is 2.90. The van der Waals surface area contributed by atoms with Gasteiger partial charge in [0, 0.05) is 7.05 Å². The Labute approximate surface area is 147 Å². The molecule has 0 spiro atoms. The normalized spacial score (nSPS) is 24.6. The van der Waals surface area contributed by atoms with Crippen LogP contribution in [0.5, 0.6) is 0 Å². The summed E-state index contributed by atoms with van der Waals surface area (Å²) < 4.78 is 33.6. The van der Waals surface area contributed by atoms with E-state index in [0.29, 0.717) is 5.76 Å². The van der Waals surface area contributed by atoms with Crippen molar-refractivity contribution in [3.05, 3.63) is 60.1 Å². The fourth-order valence-electron chi connectivity index (χ4n) is 2.92. The number of amides is 1. The molecule has 7 nitrogen and oxygen atoms in total. The van der Waals surface area contributed by atoms with Gasteiger partial charge >= 0.3 is 0 Å². The molecule has 1 unspecified atom stereocenters. The smallest absolute Gasteiger partial charge is 0.280 e. The summed E-state index contributed by atoms with van der Waals surface area (Å²) in [6.07, 6.45) is 1.77. The van der Waals surface area contributed by atoms with Crippen molar-refractivity contribution in [2.45, 2.75) is 31.5 Å². The molecule has 3 atom stereocenters. The van der Waals surface area contributed by atoms with Crippen molar-refractivity contribution in [2.24, 2.45) is 0 Å². The van der Waals surface area contributed by atoms with Crippen LogP contribution in [0, 0.1) is 0 Å². The zero-order valence-electron chi connectivity index (χ0n) is 14.0. The lowest BCUT2D eigenvalue weighted by Crippen LogP contribution is -2.57. The van der Waals surface area contributed by atoms with E-state index in [1.165, 1.54) is 13.3 Å². The van der Waals surface area contributed by atoms with Gasteiger partial charge in [0.15, 0.2) is 0 Å². The Morgan fingerprint density at radius 1 is 1.28 bits per heavy atom. The SMILES string of the molecule is CC(NC(=O)[C@H]1C[C@@H](c2ccco2)NS(=O)(=O)N1C)c1ccccc1. The third-order valence-corrected chi connectivity index (χ3v) is 6.01. The molecule has 0 saturated carbocycles. The monoisotopic (exact) mass is 363 g/mol. The van der Waals surface area contributed by atoms with E-state index in [2.05, 4.69) is 10.0 Å². The Hall–Kier alpha value is -2.16. The molecule has 8 heteroatoms. The second kappa shape index (κ2) is 6.99. The number of rotatable bonds is 4. The average molecular weight is 363 g/mol. The molecule has 0 bridgehead atoms. The van der Waals surface area contributed by atoms with Crippen LogP contribution in [0.2, 0.25) is 0 Å². The van der Waals surface area contributed by atoms with Crippen molar-refractivity contribution in [1.29, 1.82) is 0 Å². The van der Waals surface area contributed by atoms with Gasteiger partial charge < -0.3 is 9.73 Å². The van der Waals surface area contributed by atoms with Gasteiger partial charge in [-0.25, -0.2) is 0 Å². The summed E-state index contributed by atoms with van der Waals surface area (Å²) in [7, 11) is -2.37. The molecule has 1 amide bonds. The van der Waals surface area contributed by atoms with Gasteiger partial charge in [-0.15, -0.1) is 0 Å². The van der Waals surface area contributed by atoms with Crippen molar-refractivity contribution >= 4 is 16.1 Å². The molecule has 1 saturated heterocycles. The van der Waals surface area contributed by atoms with E-state index in [-0.39, 0.29) is 18.4 Å². The number of carbonyl (C=O) groups is 1. The zero-order chi connectivity index (χ0) is 18.0. The highest BCUT2D eigenvalue weighted by Gasteiger charge is 2.41. The number of likely N-dealkylation sites (N-methyl/N-ethyl adjacent to an activating group) is 1. The van der Waals surface area contributed by atoms with E-state index in [0.717, 1.165) is 9.87 Å². The summed E-state index contributed by atoms with van der Waals surface area (Å²) in [4.78, 5) is 12.7. The number of hydrogen-bond donors (Lipinski definition) is 2. The maximum atomic E-state index is 12.7. The van der Waals surface area contributed by atoms with Gasteiger partial charge in [0.05, 0.1) is 18.3 Å². The predicted octanol–water partition coefficient (Wildman–Crippen LogP) is 1.74. The number of nitrogens with one attached hydrogen (secondary N) is 2. The van der Waals surface area contributed by atoms with Gasteiger partial charge in [0.1, 0.15) is 11.8 Å². The summed E-state index contributed by atoms with van der Waals surface area (Å²) in [5.41, 5.74) is 0.956. The molecule has 0 radical (unpaired) electrons. The molecular weight excluding hydrogens is 342 g/mol. The molecule has 0 aliphatic carbocycles. The van der Waals surface area contributed by atoms with Crippen LogP contribution >= 0.6 is 0 Å². The molecule has 25 heavy (non-hydrogen) atoms. The van der Waals surface area contributed by atoms with E-state index >= 15 is 0 Å². The molecule has 1 aliphatic rings. The Morgan fingerprint density at radius 3 is 2.64 bits per heavy atom. The van der Waals surface area contributed by atoms with Crippen LogP contribution < -0.4 is 10.0 Å². The van der Waals surface area contributed by atoms with E-state index in [1.807, 2.05) is 37.3 Å². The Morgan fingerprint density at radius 2 is 2.00 bits per heavy atom. The Balaban J connectivity index is 1.78. The zero-order valence-corrected chi connectivity index (χ0v) is 14.9. The number of benzene rings is 1. The van der Waals surface area contributed by atoms with Crippen molar-refractivity contribution in [3.63, 3.8) is 0 Å². The number of furan rings is 1. The lowest BCUT2D eigenvalue weighted by atomic mass is 10.0. The first kappa shape index (κ1) is 17.7. The average Bonchev–Trinajstić information content (AvgIpc) is 3.12. The maximum Gasteiger partial charge on any atom is 0.280 e. The van der Waals surface area contributed by atoms with Gasteiger partial charge in [0.25, 0.3) is 10.2 Å². The lowest BCUT2D eigenvalue weighted by molar-refractivity contribution is -0.126. The van der Waals surface area contributed by atoms with E-state index < -0.39 is 22.3 Å². The molecule has 2 heterocycles. The van der Waals surface area contributed by atoms with Crippen molar-refractivity contribution < 1.29 is 17.6 Å². The molecule has 2 N–H and O–H groups in total. The largest absolute Gasteiger partial charge is 0.468 e. The van der Waals surface area contributed by atoms with E-state index in [4.69, 9.17) is 4.42 Å². The van der Waals surface area contributed by atoms with E-state index in [1.54, 1.807) is 12.1 Å². The van der Waals surface area contributed by atoms with Crippen LogP contribution in [-0.2, 0) is 15.0 Å². The molecule has 1 aromatic heterocycles. The lowest BCUT2D eigenvalue weighted by Gasteiger charge is -2.35. The first-order valence-electron chi connectivity index (χ1n) is 8.02. The Kier molecular flexibility index (Phi) is 4.94. The number of nitrogens with zero attached hydrogens (tertiary/aromatic N) is 1. The number of hydrogen-bond acceptors (Lipinski definition) is 4. The van der Waals surface area contributed by atoms with Crippen molar-refractivity contribution in [2.75, 3.05) is 7.05 Å². The van der Waals surface area contributed by atoms with Gasteiger partial charge in [-0.05, 0) is 31.0 Å². The van der Waals surface area contributed by atoms with Crippen LogP contribution in [0.3, 0.4) is 0 Å². The molecular formula is C17H21N3O4S. The predicted molar refractivity (Wildman–Crippen MR) is 92.7 cm³/mol. The van der Waals surface area contributed by atoms with Gasteiger partial charge in [-0.1, -0.05) is 30.3 Å². The topological polar surface area (TPSA) is 91.6 Å². The van der Waals surface area contributed by atoms with Gasteiger partial charge in [-0.2, -0.15) is 17.4 Å². The molecule has 3 rings (SSSR count). The summed E-state index contributed by atoms with van der Waals surface area (Å²) in [6.45, 7) is 1.87. The van der Waals surface area contributed by atoms with Crippen LogP contribution in [0.25, 0.3) is 0 Å². The minimum atomic E-state index is -3.77. The Bertz CT molecular complexity index is 821. The second-order valence-electron chi connectivity index (χ2n) is 6.10. The highest BCUT2D eigenvalue weighted by Crippen LogP contribution is 2.28. The molecule has 2 aromatic rings. The van der Waals surface area contributed by atoms with Crippen LogP contribution in [0.1, 0.15) is 36.8 Å². The third kappa shape index (κ3) is 3.76. The summed E-state index contributed by atoms with van der Waals surface area (Å²) in [6, 6.07) is 11.3. The van der Waals surface area contributed by atoms with Crippen molar-refractivity contribution in [3.8, 4) is 0 Å². The number of carbonyl (C=O) groups excluding carboxylic acids is 1. The van der Waals surface area contributed by atoms with Crippen LogP contribution in [-0.4, -0.2) is 31.7 Å². The molecule has 1 aromatic carbocycles. The second-order valence-corrected chi connectivity index (χ2v) is 7.86. The van der Waals surface area contributed by atoms with Gasteiger partial charge in [-0.3, -0.25) is 4.79 Å². The first-order valence-corrected chi connectivity index (χ1v) is 9.46. The maximum absolute atomic E-state index is 12.7. The quantitative estimate of drug-likeness (QED) is 0.865. The molecule has 134 valence electrons. The highest BCUT2D eigenvalue weighted by molar-refractivity contribution is 7.87. The highest BCUT2D eigenvalue weighted by atomic mass is 32.2. The van der Waals surface area contributed by atoms with Crippen LogP contribution in [0.15, 0.2) is 53.1 Å². The fourth-order valence-corrected chi connectivity index (χ4v) is 4.18. The first-order chi connectivity index (χ1) is 11.9. The summed E-state index contributed by atoms with van der Waals surface area (Å²) in [5.74, 6) is 0.158. The summed E-state index contributed by atoms with van der Waals surface area (Å²) >= 11 is 0. The molecule has 1 aliphatic heterocycles. The minimum absolute atomic E-state index is 0.221. The van der Waals surface area contributed by atoms with Crippen molar-refractivity contribution in [1.82, 2.24) is 14.3 Å². The third-order valence-electron chi connectivity index (χ3n) is 4.42. The van der Waals surface area contributed by atoms with Gasteiger partial charge in [0.2, 0.25) is 5.91 Å². The van der Waals surface area contributed by atoms with E-state index in [9.17, 15) is 13.2 Å². The minimum Gasteiger partial charge on any atom is -0.468 e. The fraction of sp³-hybridized carbons (Fsp3) is 0.353. The standard InChI is InChI=1S/C17H21N3O4S/c1-12(13-7-4-3-5-8-13)18-17(21)15-11-14(16-9-6-10-24-16)19-25(22,23)20(15)2/h3-10,12,14-15,19H,11H2,1-2H3,(H,18,21)/t12?,14-,15+/m0/s1. The van der Waals surface area contributed by atoms with Crippen LogP contribution in [0.4, 0.5) is 0 Å². The molecule has 1 fully saturated rings.